The number of aryl methyl sites for hydroxylation is 1. The van der Waals surface area contributed by atoms with E-state index < -0.39 is 11.6 Å². The first-order valence-electron chi connectivity index (χ1n) is 15.8. The lowest BCUT2D eigenvalue weighted by Crippen LogP contribution is -2.60. The normalized spacial score (nSPS) is 20.8. The Kier molecular flexibility index (Phi) is 9.73. The van der Waals surface area contributed by atoms with Gasteiger partial charge in [-0.1, -0.05) is 54.1 Å². The number of methoxy groups -OCH3 is 1. The van der Waals surface area contributed by atoms with E-state index >= 15 is 0 Å². The van der Waals surface area contributed by atoms with E-state index in [4.69, 9.17) is 21.1 Å². The quantitative estimate of drug-likeness (QED) is 0.176. The molecule has 3 aromatic rings. The molecule has 2 bridgehead atoms. The van der Waals surface area contributed by atoms with Crippen LogP contribution >= 0.6 is 11.6 Å². The van der Waals surface area contributed by atoms with E-state index in [1.807, 2.05) is 12.1 Å². The molecule has 2 heterocycles. The third-order valence-electron chi connectivity index (χ3n) is 9.23. The van der Waals surface area contributed by atoms with Crippen LogP contribution in [0, 0.1) is 24.5 Å². The Labute approximate surface area is 268 Å². The van der Waals surface area contributed by atoms with Crippen molar-refractivity contribution in [2.45, 2.75) is 63.7 Å². The molecule has 238 valence electrons. The van der Waals surface area contributed by atoms with Crippen LogP contribution in [-0.4, -0.2) is 55.7 Å². The first-order chi connectivity index (χ1) is 21.8. The van der Waals surface area contributed by atoms with Gasteiger partial charge in [-0.05, 0) is 78.6 Å². The van der Waals surface area contributed by atoms with E-state index in [2.05, 4.69) is 58.9 Å². The number of carbonyl (C=O) groups is 1. The third kappa shape index (κ3) is 7.19. The molecule has 0 aromatic heterocycles. The Bertz CT molecular complexity index is 1560. The molecule has 45 heavy (non-hydrogen) atoms. The summed E-state index contributed by atoms with van der Waals surface area (Å²) in [4.78, 5) is 16.1. The summed E-state index contributed by atoms with van der Waals surface area (Å²) in [5, 5.41) is 6.94. The summed E-state index contributed by atoms with van der Waals surface area (Å²) >= 11 is 5.87. The number of benzene rings is 3. The Balaban J connectivity index is 1.13. The minimum atomic E-state index is -0.706. The molecule has 3 aromatic carbocycles. The second kappa shape index (κ2) is 13.9. The molecule has 6 nitrogen and oxygen atoms in total. The van der Waals surface area contributed by atoms with Crippen molar-refractivity contribution in [3.8, 4) is 11.5 Å². The highest BCUT2D eigenvalue weighted by molar-refractivity contribution is 6.32. The van der Waals surface area contributed by atoms with Gasteiger partial charge in [0.15, 0.2) is 11.6 Å². The fourth-order valence-electron chi connectivity index (χ4n) is 6.58. The van der Waals surface area contributed by atoms with Gasteiger partial charge in [-0.3, -0.25) is 4.79 Å². The van der Waals surface area contributed by atoms with Crippen LogP contribution in [0.3, 0.4) is 0 Å². The standard InChI is InChI=1S/C36H40ClF2N3O3/c1-22-25(6-3-7-33(22)44-2)21-42(27-12-13-27)34(43)18-29-28(17-26-19-40-20-32(29)41-26)24-10-8-23(9-11-24)5-4-16-45-36-31(39)15-14-30(38)35(36)37/h3,6-11,14-15,17,26-27,29,32,40-41H,4-5,12-13,16,18-21H2,1-2H3/t26-,29-,32-/m1/s1. The van der Waals surface area contributed by atoms with Crippen molar-refractivity contribution in [2.75, 3.05) is 26.8 Å². The highest BCUT2D eigenvalue weighted by Crippen LogP contribution is 2.37. The van der Waals surface area contributed by atoms with Gasteiger partial charge in [0.25, 0.3) is 0 Å². The van der Waals surface area contributed by atoms with Crippen LogP contribution in [0.15, 0.2) is 60.7 Å². The first-order valence-corrected chi connectivity index (χ1v) is 16.2. The van der Waals surface area contributed by atoms with Gasteiger partial charge >= 0.3 is 0 Å². The molecule has 1 saturated heterocycles. The fourth-order valence-corrected chi connectivity index (χ4v) is 6.78. The van der Waals surface area contributed by atoms with Crippen LogP contribution in [0.2, 0.25) is 5.02 Å². The lowest BCUT2D eigenvalue weighted by atomic mass is 9.78. The minimum Gasteiger partial charge on any atom is -0.496 e. The minimum absolute atomic E-state index is 0.0411. The first kappa shape index (κ1) is 31.5. The predicted molar refractivity (Wildman–Crippen MR) is 173 cm³/mol. The average Bonchev–Trinajstić information content (AvgIpc) is 3.89. The van der Waals surface area contributed by atoms with E-state index in [1.54, 1.807) is 7.11 Å². The van der Waals surface area contributed by atoms with Crippen LogP contribution < -0.4 is 20.1 Å². The van der Waals surface area contributed by atoms with Gasteiger partial charge in [-0.15, -0.1) is 0 Å². The largest absolute Gasteiger partial charge is 0.496 e. The van der Waals surface area contributed by atoms with Gasteiger partial charge in [0.05, 0.1) is 13.7 Å². The molecule has 2 fully saturated rings. The molecule has 3 aliphatic rings. The molecular weight excluding hydrogens is 596 g/mol. The molecule has 9 heteroatoms. The summed E-state index contributed by atoms with van der Waals surface area (Å²) in [6.45, 7) is 4.54. The van der Waals surface area contributed by atoms with Gasteiger partial charge in [-0.25, -0.2) is 8.78 Å². The Hall–Kier alpha value is -3.46. The lowest BCUT2D eigenvalue weighted by molar-refractivity contribution is -0.133. The maximum Gasteiger partial charge on any atom is 0.223 e. The smallest absolute Gasteiger partial charge is 0.223 e. The number of carbonyl (C=O) groups excluding carboxylic acids is 1. The second-order valence-corrected chi connectivity index (χ2v) is 12.7. The molecule has 0 unspecified atom stereocenters. The molecule has 0 spiro atoms. The molecule has 1 aliphatic carbocycles. The van der Waals surface area contributed by atoms with Gasteiger partial charge < -0.3 is 25.0 Å². The number of fused-ring (bicyclic) bond motifs is 2. The summed E-state index contributed by atoms with van der Waals surface area (Å²) in [5.41, 5.74) is 5.66. The maximum absolute atomic E-state index is 14.0. The summed E-state index contributed by atoms with van der Waals surface area (Å²) in [5.74, 6) is -0.554. The molecule has 1 saturated carbocycles. The number of ether oxygens (including phenoxy) is 2. The van der Waals surface area contributed by atoms with Crippen LogP contribution in [0.5, 0.6) is 11.5 Å². The van der Waals surface area contributed by atoms with Crippen LogP contribution in [0.4, 0.5) is 8.78 Å². The molecule has 2 aliphatic heterocycles. The van der Waals surface area contributed by atoms with E-state index in [1.165, 1.54) is 5.57 Å². The van der Waals surface area contributed by atoms with E-state index in [0.717, 1.165) is 66.1 Å². The topological polar surface area (TPSA) is 62.8 Å². The number of piperazine rings is 1. The van der Waals surface area contributed by atoms with Gasteiger partial charge in [-0.2, -0.15) is 0 Å². The monoisotopic (exact) mass is 635 g/mol. The van der Waals surface area contributed by atoms with Crippen molar-refractivity contribution in [2.24, 2.45) is 5.92 Å². The molecule has 0 radical (unpaired) electrons. The van der Waals surface area contributed by atoms with Crippen molar-refractivity contribution >= 4 is 23.1 Å². The Morgan fingerprint density at radius 2 is 1.82 bits per heavy atom. The van der Waals surface area contributed by atoms with Crippen molar-refractivity contribution in [1.82, 2.24) is 15.5 Å². The number of nitrogens with one attached hydrogen (secondary N) is 2. The molecule has 3 atom stereocenters. The fraction of sp³-hybridized carbons (Fsp3) is 0.417. The van der Waals surface area contributed by atoms with Gasteiger partial charge in [0.2, 0.25) is 5.91 Å². The number of halogens is 3. The van der Waals surface area contributed by atoms with Crippen molar-refractivity contribution in [3.05, 3.63) is 99.6 Å². The van der Waals surface area contributed by atoms with Crippen molar-refractivity contribution < 1.29 is 23.0 Å². The zero-order valence-corrected chi connectivity index (χ0v) is 26.5. The highest BCUT2D eigenvalue weighted by atomic mass is 35.5. The van der Waals surface area contributed by atoms with Crippen LogP contribution in [-0.2, 0) is 17.8 Å². The summed E-state index contributed by atoms with van der Waals surface area (Å²) < 4.78 is 38.7. The number of nitrogens with zero attached hydrogens (tertiary/aromatic N) is 1. The van der Waals surface area contributed by atoms with Gasteiger partial charge in [0.1, 0.15) is 16.6 Å². The van der Waals surface area contributed by atoms with Crippen molar-refractivity contribution in [3.63, 3.8) is 0 Å². The summed E-state index contributed by atoms with van der Waals surface area (Å²) in [7, 11) is 1.68. The van der Waals surface area contributed by atoms with E-state index in [-0.39, 0.29) is 41.3 Å². The zero-order valence-electron chi connectivity index (χ0n) is 25.8. The SMILES string of the molecule is COc1cccc(CN(C(=O)C[C@@H]2C(c3ccc(CCCOc4c(F)ccc(F)c4Cl)cc3)=C[C@@H]3CNC[C@H]2N3)C2CC2)c1C. The maximum atomic E-state index is 14.0. The number of amides is 1. The van der Waals surface area contributed by atoms with Crippen LogP contribution in [0.25, 0.3) is 5.57 Å². The third-order valence-corrected chi connectivity index (χ3v) is 9.58. The van der Waals surface area contributed by atoms with E-state index in [0.29, 0.717) is 31.8 Å². The number of hydrogen-bond donors (Lipinski definition) is 2. The Morgan fingerprint density at radius 1 is 1.04 bits per heavy atom. The summed E-state index contributed by atoms with van der Waals surface area (Å²) in [6.07, 6.45) is 6.15. The lowest BCUT2D eigenvalue weighted by Gasteiger charge is -2.42. The van der Waals surface area contributed by atoms with Crippen LogP contribution in [0.1, 0.15) is 47.9 Å². The predicted octanol–water partition coefficient (Wildman–Crippen LogP) is 6.47. The molecule has 6 rings (SSSR count). The van der Waals surface area contributed by atoms with Crippen molar-refractivity contribution in [1.29, 1.82) is 0 Å². The average molecular weight is 636 g/mol. The molecule has 2 N–H and O–H groups in total. The molecular formula is C36H40ClF2N3O3. The second-order valence-electron chi connectivity index (χ2n) is 12.3. The number of hydrogen-bond acceptors (Lipinski definition) is 5. The van der Waals surface area contributed by atoms with Gasteiger partial charge in [0, 0.05) is 50.1 Å². The summed E-state index contributed by atoms with van der Waals surface area (Å²) in [6, 6.07) is 17.2. The Morgan fingerprint density at radius 3 is 2.58 bits per heavy atom. The number of rotatable bonds is 12. The highest BCUT2D eigenvalue weighted by Gasteiger charge is 2.39. The zero-order chi connectivity index (χ0) is 31.5. The molecule has 1 amide bonds. The van der Waals surface area contributed by atoms with E-state index in [9.17, 15) is 13.6 Å².